The molecule has 1 unspecified atom stereocenters. The lowest BCUT2D eigenvalue weighted by Gasteiger charge is -2.34. The molecule has 24 heavy (non-hydrogen) atoms. The van der Waals surface area contributed by atoms with E-state index in [9.17, 15) is 4.79 Å². The van der Waals surface area contributed by atoms with Crippen LogP contribution in [0.25, 0.3) is 0 Å². The third-order valence-electron chi connectivity index (χ3n) is 5.53. The normalized spacial score (nSPS) is 26.4. The van der Waals surface area contributed by atoms with Crippen LogP contribution < -0.4 is 14.4 Å². The molecule has 5 heteroatoms. The van der Waals surface area contributed by atoms with E-state index in [1.54, 1.807) is 0 Å². The van der Waals surface area contributed by atoms with Crippen LogP contribution >= 0.6 is 0 Å². The lowest BCUT2D eigenvalue weighted by Crippen LogP contribution is -3.12. The van der Waals surface area contributed by atoms with E-state index < -0.39 is 0 Å². The van der Waals surface area contributed by atoms with Crippen LogP contribution in [0.1, 0.15) is 37.7 Å². The Morgan fingerprint density at radius 2 is 1.96 bits per heavy atom. The SMILES string of the molecule is O=C([C@H]1CCC[NH+](Cc2ccc3c(c2)OCO3)C1)N1CCCCC1. The van der Waals surface area contributed by atoms with E-state index in [-0.39, 0.29) is 5.92 Å². The predicted molar refractivity (Wildman–Crippen MR) is 90.1 cm³/mol. The van der Waals surface area contributed by atoms with E-state index in [0.29, 0.717) is 12.7 Å². The van der Waals surface area contributed by atoms with E-state index in [1.807, 2.05) is 6.07 Å². The number of carbonyl (C=O) groups excluding carboxylic acids is 1. The van der Waals surface area contributed by atoms with Gasteiger partial charge in [0.05, 0.1) is 19.0 Å². The van der Waals surface area contributed by atoms with Crippen molar-refractivity contribution in [3.63, 3.8) is 0 Å². The van der Waals surface area contributed by atoms with Crippen molar-refractivity contribution >= 4 is 5.91 Å². The Bertz CT molecular complexity index is 598. The summed E-state index contributed by atoms with van der Waals surface area (Å²) >= 11 is 0. The molecule has 2 atom stereocenters. The van der Waals surface area contributed by atoms with E-state index in [4.69, 9.17) is 9.47 Å². The van der Waals surface area contributed by atoms with Gasteiger partial charge in [-0.05, 0) is 50.3 Å². The van der Waals surface area contributed by atoms with Gasteiger partial charge < -0.3 is 19.3 Å². The highest BCUT2D eigenvalue weighted by atomic mass is 16.7. The van der Waals surface area contributed by atoms with Crippen LogP contribution in [0.15, 0.2) is 18.2 Å². The molecule has 0 saturated carbocycles. The van der Waals surface area contributed by atoms with Gasteiger partial charge in [-0.25, -0.2) is 0 Å². The molecule has 2 fully saturated rings. The van der Waals surface area contributed by atoms with Gasteiger partial charge in [0.2, 0.25) is 12.7 Å². The van der Waals surface area contributed by atoms with Gasteiger partial charge in [0.1, 0.15) is 6.54 Å². The van der Waals surface area contributed by atoms with Gasteiger partial charge in [0.25, 0.3) is 0 Å². The molecule has 3 aliphatic heterocycles. The van der Waals surface area contributed by atoms with Crippen molar-refractivity contribution in [2.75, 3.05) is 33.0 Å². The third kappa shape index (κ3) is 3.36. The molecular formula is C19H27N2O3+. The standard InChI is InChI=1S/C19H26N2O3/c22-19(21-9-2-1-3-10-21)16-5-4-8-20(13-16)12-15-6-7-17-18(11-15)24-14-23-17/h6-7,11,16H,1-5,8-10,12-14H2/p+1/t16-/m0/s1. The summed E-state index contributed by atoms with van der Waals surface area (Å²) in [4.78, 5) is 16.4. The van der Waals surface area contributed by atoms with E-state index >= 15 is 0 Å². The van der Waals surface area contributed by atoms with Crippen molar-refractivity contribution in [1.82, 2.24) is 4.90 Å². The molecular weight excluding hydrogens is 304 g/mol. The molecule has 0 radical (unpaired) electrons. The molecule has 5 nitrogen and oxygen atoms in total. The van der Waals surface area contributed by atoms with Gasteiger partial charge in [-0.2, -0.15) is 0 Å². The number of piperidine rings is 2. The van der Waals surface area contributed by atoms with Crippen LogP contribution in [0.5, 0.6) is 11.5 Å². The van der Waals surface area contributed by atoms with Crippen LogP contribution in [-0.2, 0) is 11.3 Å². The van der Waals surface area contributed by atoms with Gasteiger partial charge in [-0.1, -0.05) is 0 Å². The van der Waals surface area contributed by atoms with Crippen LogP contribution in [0, 0.1) is 5.92 Å². The number of hydrogen-bond donors (Lipinski definition) is 1. The highest BCUT2D eigenvalue weighted by Crippen LogP contribution is 2.32. The average Bonchev–Trinajstić information content (AvgIpc) is 3.10. The Hall–Kier alpha value is -1.75. The smallest absolute Gasteiger partial charge is 0.231 e. The van der Waals surface area contributed by atoms with E-state index in [1.165, 1.54) is 29.7 Å². The zero-order valence-corrected chi connectivity index (χ0v) is 14.3. The van der Waals surface area contributed by atoms with Crippen molar-refractivity contribution in [1.29, 1.82) is 0 Å². The van der Waals surface area contributed by atoms with Gasteiger partial charge >= 0.3 is 0 Å². The second-order valence-corrected chi connectivity index (χ2v) is 7.29. The molecule has 0 spiro atoms. The Labute approximate surface area is 143 Å². The molecule has 4 rings (SSSR count). The number of rotatable bonds is 3. The molecule has 1 amide bonds. The first-order valence-electron chi connectivity index (χ1n) is 9.30. The first kappa shape index (κ1) is 15.8. The van der Waals surface area contributed by atoms with Crippen LogP contribution in [0.4, 0.5) is 0 Å². The first-order chi connectivity index (χ1) is 11.8. The lowest BCUT2D eigenvalue weighted by molar-refractivity contribution is -0.921. The number of nitrogens with one attached hydrogen (secondary N) is 1. The van der Waals surface area contributed by atoms with E-state index in [2.05, 4.69) is 17.0 Å². The number of carbonyl (C=O) groups is 1. The number of benzene rings is 1. The molecule has 3 heterocycles. The molecule has 2 saturated heterocycles. The van der Waals surface area contributed by atoms with Crippen LogP contribution in [0.3, 0.4) is 0 Å². The van der Waals surface area contributed by atoms with Gasteiger partial charge in [-0.3, -0.25) is 4.79 Å². The lowest BCUT2D eigenvalue weighted by atomic mass is 9.95. The van der Waals surface area contributed by atoms with E-state index in [0.717, 1.165) is 57.1 Å². The number of ether oxygens (including phenoxy) is 2. The van der Waals surface area contributed by atoms with Crippen molar-refractivity contribution in [3.8, 4) is 11.5 Å². The van der Waals surface area contributed by atoms with Gasteiger partial charge in [0.15, 0.2) is 11.5 Å². The number of fused-ring (bicyclic) bond motifs is 1. The monoisotopic (exact) mass is 331 g/mol. The fourth-order valence-corrected chi connectivity index (χ4v) is 4.23. The quantitative estimate of drug-likeness (QED) is 0.906. The number of nitrogens with zero attached hydrogens (tertiary/aromatic N) is 1. The molecule has 0 aromatic heterocycles. The van der Waals surface area contributed by atoms with Crippen molar-refractivity contribution in [2.24, 2.45) is 5.92 Å². The highest BCUT2D eigenvalue weighted by molar-refractivity contribution is 5.79. The van der Waals surface area contributed by atoms with Crippen molar-refractivity contribution < 1.29 is 19.2 Å². The fraction of sp³-hybridized carbons (Fsp3) is 0.632. The van der Waals surface area contributed by atoms with Crippen molar-refractivity contribution in [2.45, 2.75) is 38.6 Å². The number of likely N-dealkylation sites (tertiary alicyclic amines) is 2. The molecule has 0 aliphatic carbocycles. The summed E-state index contributed by atoms with van der Waals surface area (Å²) < 4.78 is 10.9. The maximum Gasteiger partial charge on any atom is 0.231 e. The summed E-state index contributed by atoms with van der Waals surface area (Å²) in [5, 5.41) is 0. The number of hydrogen-bond acceptors (Lipinski definition) is 3. The molecule has 1 aromatic rings. The molecule has 1 aromatic carbocycles. The fourth-order valence-electron chi connectivity index (χ4n) is 4.23. The van der Waals surface area contributed by atoms with Gasteiger partial charge in [0, 0.05) is 18.7 Å². The largest absolute Gasteiger partial charge is 0.454 e. The Morgan fingerprint density at radius 3 is 2.83 bits per heavy atom. The predicted octanol–water partition coefficient (Wildman–Crippen LogP) is 1.22. The summed E-state index contributed by atoms with van der Waals surface area (Å²) in [7, 11) is 0. The minimum absolute atomic E-state index is 0.209. The Kier molecular flexibility index (Phi) is 4.60. The zero-order valence-electron chi connectivity index (χ0n) is 14.3. The Balaban J connectivity index is 1.37. The molecule has 3 aliphatic rings. The van der Waals surface area contributed by atoms with Crippen LogP contribution in [-0.4, -0.2) is 43.8 Å². The number of amides is 1. The Morgan fingerprint density at radius 1 is 1.12 bits per heavy atom. The second kappa shape index (κ2) is 7.01. The molecule has 1 N–H and O–H groups in total. The average molecular weight is 331 g/mol. The molecule has 0 bridgehead atoms. The summed E-state index contributed by atoms with van der Waals surface area (Å²) in [5.74, 6) is 2.30. The number of quaternary nitrogens is 1. The second-order valence-electron chi connectivity index (χ2n) is 7.29. The zero-order chi connectivity index (χ0) is 16.4. The molecule has 130 valence electrons. The summed E-state index contributed by atoms with van der Waals surface area (Å²) in [5.41, 5.74) is 1.26. The summed E-state index contributed by atoms with van der Waals surface area (Å²) in [6.07, 6.45) is 5.82. The third-order valence-corrected chi connectivity index (χ3v) is 5.53. The highest BCUT2D eigenvalue weighted by Gasteiger charge is 2.32. The summed E-state index contributed by atoms with van der Waals surface area (Å²) in [6.45, 7) is 5.32. The van der Waals surface area contributed by atoms with Gasteiger partial charge in [-0.15, -0.1) is 0 Å². The van der Waals surface area contributed by atoms with Crippen LogP contribution in [0.2, 0.25) is 0 Å². The topological polar surface area (TPSA) is 43.2 Å². The first-order valence-corrected chi connectivity index (χ1v) is 9.30. The minimum atomic E-state index is 0.209. The van der Waals surface area contributed by atoms with Crippen molar-refractivity contribution in [3.05, 3.63) is 23.8 Å². The minimum Gasteiger partial charge on any atom is -0.454 e. The maximum absolute atomic E-state index is 12.8. The maximum atomic E-state index is 12.8. The summed E-state index contributed by atoms with van der Waals surface area (Å²) in [6, 6.07) is 6.21.